The van der Waals surface area contributed by atoms with Gasteiger partial charge >= 0.3 is 17.9 Å². The van der Waals surface area contributed by atoms with Crippen LogP contribution < -0.4 is 11.5 Å². The third-order valence-corrected chi connectivity index (χ3v) is 14.6. The highest BCUT2D eigenvalue weighted by Gasteiger charge is 2.22. The third-order valence-electron chi connectivity index (χ3n) is 14.6. The molecule has 94 heavy (non-hydrogen) atoms. The molecule has 0 unspecified atom stereocenters. The first-order valence-electron chi connectivity index (χ1n) is 30.7. The zero-order chi connectivity index (χ0) is 68.3. The van der Waals surface area contributed by atoms with E-state index < -0.39 is 17.2 Å². The number of carbonyl (C=O) groups is 5. The molecule has 0 fully saturated rings. The smallest absolute Gasteiger partial charge is 0.375 e. The molecule has 0 radical (unpaired) electrons. The van der Waals surface area contributed by atoms with Crippen LogP contribution in [0, 0.1) is 41.5 Å². The Labute approximate surface area is 552 Å². The van der Waals surface area contributed by atoms with E-state index in [1.165, 1.54) is 4.68 Å². The lowest BCUT2D eigenvalue weighted by Gasteiger charge is -2.19. The Morgan fingerprint density at radius 3 is 1.10 bits per heavy atom. The SMILES string of the molecule is C.Cc1cc(CC(=O)OC(C)(C)C)nc(C)c1CCC(=O)c1nc(Cc2ccccc2)n(C)n1.Cc1cc(CC(=O)OC(C)(C)C)nc(C)c1CN.Cc1cc(N)nc(C)c1CCC(=O)c1nc(Cc2ccccc2)n(C)n1.Cn1nc(C(=O)O)nc1Cc1ccccc1. The van der Waals surface area contributed by atoms with E-state index in [0.29, 0.717) is 68.8 Å². The zero-order valence-corrected chi connectivity index (χ0v) is 56.3. The maximum Gasteiger partial charge on any atom is 0.375 e. The molecular weight excluding hydrogens is 1190 g/mol. The second-order valence-electron chi connectivity index (χ2n) is 24.7. The summed E-state index contributed by atoms with van der Waals surface area (Å²) in [6.07, 6.45) is 3.97. The van der Waals surface area contributed by atoms with Crippen LogP contribution in [0.25, 0.3) is 0 Å². The fourth-order valence-electron chi connectivity index (χ4n) is 10.1. The Hall–Kier alpha value is -9.96. The van der Waals surface area contributed by atoms with Crippen molar-refractivity contribution in [3.05, 3.63) is 223 Å². The van der Waals surface area contributed by atoms with Crippen molar-refractivity contribution in [3.8, 4) is 0 Å². The first-order valence-corrected chi connectivity index (χ1v) is 30.7. The number of aryl methyl sites for hydroxylation is 9. The minimum absolute atomic E-state index is 0. The van der Waals surface area contributed by atoms with Gasteiger partial charge < -0.3 is 26.0 Å². The van der Waals surface area contributed by atoms with E-state index in [-0.39, 0.29) is 61.2 Å². The van der Waals surface area contributed by atoms with E-state index in [4.69, 9.17) is 26.0 Å². The van der Waals surface area contributed by atoms with Gasteiger partial charge in [-0.15, -0.1) is 15.3 Å². The second-order valence-corrected chi connectivity index (χ2v) is 24.7. The Bertz CT molecular complexity index is 3960. The number of hydrogen-bond acceptors (Lipinski definition) is 18. The van der Waals surface area contributed by atoms with Crippen molar-refractivity contribution in [2.24, 2.45) is 26.9 Å². The highest BCUT2D eigenvalue weighted by molar-refractivity contribution is 5.93. The number of nitrogens with zero attached hydrogens (tertiary/aromatic N) is 12. The minimum atomic E-state index is -1.10. The number of benzene rings is 3. The molecule has 0 aliphatic heterocycles. The molecule has 5 N–H and O–H groups in total. The molecule has 0 saturated heterocycles. The van der Waals surface area contributed by atoms with E-state index in [1.54, 1.807) is 16.4 Å². The number of nitrogens with two attached hydrogens (primary N) is 2. The maximum atomic E-state index is 12.8. The van der Waals surface area contributed by atoms with Gasteiger partial charge in [-0.2, -0.15) is 0 Å². The van der Waals surface area contributed by atoms with E-state index >= 15 is 0 Å². The monoisotopic (exact) mass is 1280 g/mol. The van der Waals surface area contributed by atoms with Crippen molar-refractivity contribution < 1.29 is 38.6 Å². The van der Waals surface area contributed by atoms with Gasteiger partial charge in [0.1, 0.15) is 34.5 Å². The average molecular weight is 1280 g/mol. The van der Waals surface area contributed by atoms with Gasteiger partial charge in [0.15, 0.2) is 0 Å². The number of aromatic carboxylic acids is 1. The summed E-state index contributed by atoms with van der Waals surface area (Å²) in [5, 5.41) is 21.2. The lowest BCUT2D eigenvalue weighted by molar-refractivity contribution is -0.155. The molecule has 0 amide bonds. The molecule has 9 aromatic rings. The van der Waals surface area contributed by atoms with Gasteiger partial charge in [0, 0.05) is 76.9 Å². The number of carbonyl (C=O) groups excluding carboxylic acids is 4. The van der Waals surface area contributed by atoms with Gasteiger partial charge in [0.25, 0.3) is 5.82 Å². The Morgan fingerprint density at radius 2 is 0.787 bits per heavy atom. The number of carboxylic acid groups (broad SMARTS) is 1. The van der Waals surface area contributed by atoms with E-state index in [1.807, 2.05) is 206 Å². The topological polar surface area (TPSA) is 307 Å². The molecule has 0 saturated carbocycles. The van der Waals surface area contributed by atoms with Gasteiger partial charge in [0.05, 0.1) is 24.2 Å². The minimum Gasteiger partial charge on any atom is -0.475 e. The fourth-order valence-corrected chi connectivity index (χ4v) is 10.1. The van der Waals surface area contributed by atoms with Gasteiger partial charge in [-0.1, -0.05) is 98.4 Å². The van der Waals surface area contributed by atoms with E-state index in [9.17, 15) is 24.0 Å². The summed E-state index contributed by atoms with van der Waals surface area (Å²) in [6, 6.07) is 35.4. The summed E-state index contributed by atoms with van der Waals surface area (Å²) in [6.45, 7) is 23.2. The summed E-state index contributed by atoms with van der Waals surface area (Å²) in [5.74, 6) is 1.23. The lowest BCUT2D eigenvalue weighted by atomic mass is 10.00. The van der Waals surface area contributed by atoms with Crippen molar-refractivity contribution in [1.29, 1.82) is 0 Å². The number of anilines is 1. The van der Waals surface area contributed by atoms with Crippen LogP contribution in [-0.4, -0.2) is 105 Å². The van der Waals surface area contributed by atoms with Crippen LogP contribution in [0.4, 0.5) is 5.82 Å². The molecule has 498 valence electrons. The van der Waals surface area contributed by atoms with Crippen molar-refractivity contribution >= 4 is 35.3 Å². The Balaban J connectivity index is 0.000000235. The van der Waals surface area contributed by atoms with Crippen LogP contribution in [-0.2, 0) is 91.7 Å². The average Bonchev–Trinajstić information content (AvgIpc) is 0.945. The number of aromatic nitrogens is 12. The predicted octanol–water partition coefficient (Wildman–Crippen LogP) is 10.7. The quantitative estimate of drug-likeness (QED) is 0.0472. The number of nitrogen functional groups attached to an aromatic ring is 1. The van der Waals surface area contributed by atoms with Crippen LogP contribution >= 0.6 is 0 Å². The van der Waals surface area contributed by atoms with E-state index in [0.717, 1.165) is 84.5 Å². The molecule has 22 heteroatoms. The highest BCUT2D eigenvalue weighted by Crippen LogP contribution is 2.21. The normalized spacial score (nSPS) is 11.0. The number of pyridine rings is 3. The standard InChI is InChI=1S/C26H32N4O3.C20H23N5O.C14H22N2O2.C11H11N3O2.CH4/c1-17-14-20(16-24(32)33-26(3,4)5)27-18(2)21(17)12-13-22(31)25-28-23(30(6)29-25)15-19-10-8-7-9-11-19;1-13-11-18(21)22-14(2)16(13)9-10-17(26)20-23-19(25(3)24-20)12-15-7-5-4-6-8-15;1-9-6-11(16-10(2)12(9)8-15)7-13(17)18-14(3,4)5;1-14-9(12-10(13-14)11(15)16)7-8-5-3-2-4-6-8;/h7-11,14H,12-13,15-16H2,1-6H3;4-8,11H,9-10,12H2,1-3H3,(H2,21,22);6H,7-8,15H2,1-5H3;2-6H,7H2,1H3,(H,15,16);1H4. The predicted molar refractivity (Wildman–Crippen MR) is 362 cm³/mol. The molecule has 6 aromatic heterocycles. The summed E-state index contributed by atoms with van der Waals surface area (Å²) >= 11 is 0. The van der Waals surface area contributed by atoms with Gasteiger partial charge in [-0.05, 0) is 164 Å². The molecule has 9 rings (SSSR count). The number of carboxylic acids is 1. The van der Waals surface area contributed by atoms with Crippen LogP contribution in [0.15, 0.2) is 109 Å². The third kappa shape index (κ3) is 23.3. The van der Waals surface area contributed by atoms with Crippen LogP contribution in [0.1, 0.15) is 190 Å². The molecule has 0 spiro atoms. The fraction of sp³-hybridized carbons (Fsp3) is 0.389. The van der Waals surface area contributed by atoms with Gasteiger partial charge in [0.2, 0.25) is 23.2 Å². The number of rotatable bonds is 20. The Morgan fingerprint density at radius 1 is 0.468 bits per heavy atom. The Kier molecular flexibility index (Phi) is 27.1. The molecule has 22 nitrogen and oxygen atoms in total. The van der Waals surface area contributed by atoms with Crippen molar-refractivity contribution in [1.82, 2.24) is 59.2 Å². The molecule has 0 aliphatic rings. The van der Waals surface area contributed by atoms with Crippen LogP contribution in [0.2, 0.25) is 0 Å². The molecule has 0 aliphatic carbocycles. The number of hydrogen-bond donors (Lipinski definition) is 3. The van der Waals surface area contributed by atoms with Crippen LogP contribution in [0.5, 0.6) is 0 Å². The summed E-state index contributed by atoms with van der Waals surface area (Å²) in [5.41, 5.74) is 24.0. The molecular formula is C72H92N14O8. The van der Waals surface area contributed by atoms with Crippen molar-refractivity contribution in [3.63, 3.8) is 0 Å². The van der Waals surface area contributed by atoms with Crippen molar-refractivity contribution in [2.75, 3.05) is 5.73 Å². The number of ether oxygens (including phenoxy) is 2. The molecule has 6 heterocycles. The first-order chi connectivity index (χ1) is 43.8. The summed E-state index contributed by atoms with van der Waals surface area (Å²) < 4.78 is 15.5. The maximum absolute atomic E-state index is 12.8. The molecule has 0 bridgehead atoms. The van der Waals surface area contributed by atoms with Crippen LogP contribution in [0.3, 0.4) is 0 Å². The zero-order valence-electron chi connectivity index (χ0n) is 56.3. The number of esters is 2. The largest absolute Gasteiger partial charge is 0.475 e. The van der Waals surface area contributed by atoms with Gasteiger partial charge in [-0.3, -0.25) is 43.2 Å². The molecule has 3 aromatic carbocycles. The van der Waals surface area contributed by atoms with Gasteiger partial charge in [-0.25, -0.2) is 24.7 Å². The summed E-state index contributed by atoms with van der Waals surface area (Å²) in [7, 11) is 5.32. The lowest BCUT2D eigenvalue weighted by Crippen LogP contribution is -2.25. The summed E-state index contributed by atoms with van der Waals surface area (Å²) in [4.78, 5) is 86.0. The second kappa shape index (κ2) is 34.1. The first kappa shape index (κ1) is 74.8. The number of Topliss-reactive ketones (excluding diaryl/α,β-unsaturated/α-hetero) is 2. The number of ketones is 2. The highest BCUT2D eigenvalue weighted by atomic mass is 16.6. The van der Waals surface area contributed by atoms with Crippen molar-refractivity contribution in [2.45, 2.75) is 166 Å². The molecule has 0 atom stereocenters. The van der Waals surface area contributed by atoms with E-state index in [2.05, 4.69) is 45.2 Å².